The van der Waals surface area contributed by atoms with Gasteiger partial charge in [0.2, 0.25) is 0 Å². The van der Waals surface area contributed by atoms with Crippen molar-refractivity contribution < 1.29 is 9.18 Å². The summed E-state index contributed by atoms with van der Waals surface area (Å²) in [6.45, 7) is 3.96. The smallest absolute Gasteiger partial charge is 0.317 e. The summed E-state index contributed by atoms with van der Waals surface area (Å²) >= 11 is 5.74. The molecular weight excluding hydrogens is 317 g/mol. The van der Waals surface area contributed by atoms with Crippen LogP contribution in [0.4, 0.5) is 9.18 Å². The van der Waals surface area contributed by atoms with Crippen molar-refractivity contribution >= 4 is 17.6 Å². The van der Waals surface area contributed by atoms with E-state index >= 15 is 0 Å². The van der Waals surface area contributed by atoms with E-state index in [0.29, 0.717) is 10.6 Å². The summed E-state index contributed by atoms with van der Waals surface area (Å²) in [5.74, 6) is -0.385. The Morgan fingerprint density at radius 2 is 2.17 bits per heavy atom. The van der Waals surface area contributed by atoms with Gasteiger partial charge in [-0.1, -0.05) is 17.7 Å². The maximum atomic E-state index is 13.8. The second-order valence-corrected chi connectivity index (χ2v) is 7.34. The number of halogens is 2. The Labute approximate surface area is 141 Å². The Morgan fingerprint density at radius 3 is 2.91 bits per heavy atom. The van der Waals surface area contributed by atoms with Gasteiger partial charge in [0.15, 0.2) is 0 Å². The Kier molecular flexibility index (Phi) is 4.78. The highest BCUT2D eigenvalue weighted by atomic mass is 35.5. The van der Waals surface area contributed by atoms with E-state index < -0.39 is 0 Å². The van der Waals surface area contributed by atoms with Gasteiger partial charge in [-0.2, -0.15) is 0 Å². The van der Waals surface area contributed by atoms with Gasteiger partial charge in [-0.05, 0) is 45.0 Å². The molecule has 2 heterocycles. The molecule has 2 fully saturated rings. The molecule has 2 amide bonds. The molecule has 2 aliphatic rings. The largest absolute Gasteiger partial charge is 0.334 e. The number of urea groups is 1. The summed E-state index contributed by atoms with van der Waals surface area (Å²) in [6.07, 6.45) is 3.44. The van der Waals surface area contributed by atoms with Crippen molar-refractivity contribution in [3.63, 3.8) is 0 Å². The zero-order valence-electron chi connectivity index (χ0n) is 13.4. The lowest BCUT2D eigenvalue weighted by molar-refractivity contribution is 0.115. The van der Waals surface area contributed by atoms with E-state index in [1.807, 2.05) is 4.90 Å². The maximum Gasteiger partial charge on any atom is 0.317 e. The Bertz CT molecular complexity index is 597. The number of nitrogens with one attached hydrogen (secondary N) is 1. The molecule has 4 nitrogen and oxygen atoms in total. The fraction of sp³-hybridized carbons (Fsp3) is 0.588. The van der Waals surface area contributed by atoms with Crippen LogP contribution in [0.2, 0.25) is 5.02 Å². The van der Waals surface area contributed by atoms with Crippen LogP contribution in [-0.4, -0.2) is 49.1 Å². The molecule has 0 radical (unpaired) electrons. The van der Waals surface area contributed by atoms with Crippen LogP contribution in [0.3, 0.4) is 0 Å². The monoisotopic (exact) mass is 339 g/mol. The van der Waals surface area contributed by atoms with E-state index in [4.69, 9.17) is 11.6 Å². The highest BCUT2D eigenvalue weighted by molar-refractivity contribution is 6.30. The molecule has 3 rings (SSSR count). The Hall–Kier alpha value is -1.33. The van der Waals surface area contributed by atoms with Crippen LogP contribution in [0.15, 0.2) is 18.2 Å². The van der Waals surface area contributed by atoms with E-state index in [1.165, 1.54) is 18.9 Å². The number of nitrogens with zero attached hydrogens (tertiary/aromatic N) is 2. The summed E-state index contributed by atoms with van der Waals surface area (Å²) in [6, 6.07) is 4.41. The van der Waals surface area contributed by atoms with E-state index in [-0.39, 0.29) is 23.8 Å². The van der Waals surface area contributed by atoms with Crippen LogP contribution >= 0.6 is 11.6 Å². The van der Waals surface area contributed by atoms with Gasteiger partial charge in [-0.3, -0.25) is 0 Å². The molecule has 0 saturated carbocycles. The van der Waals surface area contributed by atoms with Gasteiger partial charge in [0.1, 0.15) is 5.82 Å². The third-order valence-electron chi connectivity index (χ3n) is 5.02. The molecule has 1 spiro atoms. The first kappa shape index (κ1) is 16.5. The van der Waals surface area contributed by atoms with Crippen molar-refractivity contribution in [1.82, 2.24) is 15.1 Å². The van der Waals surface area contributed by atoms with Crippen LogP contribution in [-0.2, 0) is 6.54 Å². The first-order valence-electron chi connectivity index (χ1n) is 8.13. The van der Waals surface area contributed by atoms with Crippen molar-refractivity contribution in [1.29, 1.82) is 0 Å². The van der Waals surface area contributed by atoms with Gasteiger partial charge < -0.3 is 15.1 Å². The second kappa shape index (κ2) is 6.65. The van der Waals surface area contributed by atoms with Crippen molar-refractivity contribution in [3.05, 3.63) is 34.6 Å². The number of hydrogen-bond donors (Lipinski definition) is 1. The molecule has 0 bridgehead atoms. The Balaban J connectivity index is 1.55. The molecule has 126 valence electrons. The number of benzene rings is 1. The summed E-state index contributed by atoms with van der Waals surface area (Å²) in [5, 5.41) is 3.19. The quantitative estimate of drug-likeness (QED) is 0.898. The molecule has 0 aromatic heterocycles. The van der Waals surface area contributed by atoms with Crippen molar-refractivity contribution in [2.75, 3.05) is 33.2 Å². The predicted molar refractivity (Wildman–Crippen MR) is 89.0 cm³/mol. The van der Waals surface area contributed by atoms with Gasteiger partial charge >= 0.3 is 6.03 Å². The predicted octanol–water partition coefficient (Wildman–Crippen LogP) is 3.11. The average Bonchev–Trinajstić information content (AvgIpc) is 2.89. The molecule has 2 saturated heterocycles. The molecule has 1 unspecified atom stereocenters. The van der Waals surface area contributed by atoms with Gasteiger partial charge in [-0.25, -0.2) is 9.18 Å². The number of hydrogen-bond acceptors (Lipinski definition) is 2. The van der Waals surface area contributed by atoms with E-state index in [2.05, 4.69) is 17.3 Å². The lowest BCUT2D eigenvalue weighted by Crippen LogP contribution is -2.45. The van der Waals surface area contributed by atoms with Gasteiger partial charge in [0.05, 0.1) is 0 Å². The van der Waals surface area contributed by atoms with Crippen LogP contribution in [0, 0.1) is 11.2 Å². The molecular formula is C17H23ClFN3O. The normalized spacial score (nSPS) is 25.1. The van der Waals surface area contributed by atoms with Crippen LogP contribution in [0.1, 0.15) is 24.8 Å². The SMILES string of the molecule is CN1CCCC2(CCN(C(=O)NCc3ccc(Cl)cc3F)C2)C1. The lowest BCUT2D eigenvalue weighted by atomic mass is 9.79. The Morgan fingerprint density at radius 1 is 1.35 bits per heavy atom. The minimum Gasteiger partial charge on any atom is -0.334 e. The third kappa shape index (κ3) is 3.78. The number of likely N-dealkylation sites (tertiary alicyclic amines) is 2. The van der Waals surface area contributed by atoms with Crippen molar-refractivity contribution in [2.45, 2.75) is 25.8 Å². The van der Waals surface area contributed by atoms with Gasteiger partial charge in [0, 0.05) is 42.2 Å². The summed E-state index contributed by atoms with van der Waals surface area (Å²) < 4.78 is 13.8. The number of rotatable bonds is 2. The maximum absolute atomic E-state index is 13.8. The number of amides is 2. The standard InChI is InChI=1S/C17H23ClFN3O/c1-21-7-2-5-17(11-21)6-8-22(12-17)16(23)20-10-13-3-4-14(18)9-15(13)19/h3-4,9H,2,5-8,10-12H2,1H3,(H,20,23). The minimum absolute atomic E-state index is 0.107. The van der Waals surface area contributed by atoms with Crippen molar-refractivity contribution in [2.24, 2.45) is 5.41 Å². The molecule has 23 heavy (non-hydrogen) atoms. The van der Waals surface area contributed by atoms with Crippen LogP contribution in [0.25, 0.3) is 0 Å². The van der Waals surface area contributed by atoms with Gasteiger partial charge in [0.25, 0.3) is 0 Å². The van der Waals surface area contributed by atoms with E-state index in [9.17, 15) is 9.18 Å². The van der Waals surface area contributed by atoms with Crippen LogP contribution in [0.5, 0.6) is 0 Å². The number of carbonyl (C=O) groups excluding carboxylic acids is 1. The molecule has 1 N–H and O–H groups in total. The zero-order chi connectivity index (χ0) is 16.4. The first-order chi connectivity index (χ1) is 11.0. The third-order valence-corrected chi connectivity index (χ3v) is 5.26. The molecule has 1 aromatic carbocycles. The molecule has 1 aromatic rings. The minimum atomic E-state index is -0.385. The molecule has 6 heteroatoms. The molecule has 1 atom stereocenters. The highest BCUT2D eigenvalue weighted by Crippen LogP contribution is 2.38. The fourth-order valence-corrected chi connectivity index (χ4v) is 4.00. The number of piperidine rings is 1. The topological polar surface area (TPSA) is 35.6 Å². The van der Waals surface area contributed by atoms with E-state index in [1.54, 1.807) is 12.1 Å². The van der Waals surface area contributed by atoms with Crippen molar-refractivity contribution in [3.8, 4) is 0 Å². The van der Waals surface area contributed by atoms with Gasteiger partial charge in [-0.15, -0.1) is 0 Å². The highest BCUT2D eigenvalue weighted by Gasteiger charge is 2.41. The fourth-order valence-electron chi connectivity index (χ4n) is 3.84. The molecule has 2 aliphatic heterocycles. The van der Waals surface area contributed by atoms with E-state index in [0.717, 1.165) is 32.6 Å². The summed E-state index contributed by atoms with van der Waals surface area (Å²) in [4.78, 5) is 16.6. The second-order valence-electron chi connectivity index (χ2n) is 6.91. The summed E-state index contributed by atoms with van der Waals surface area (Å²) in [7, 11) is 2.15. The van der Waals surface area contributed by atoms with Crippen LogP contribution < -0.4 is 5.32 Å². The number of carbonyl (C=O) groups is 1. The lowest BCUT2D eigenvalue weighted by Gasteiger charge is -2.38. The average molecular weight is 340 g/mol. The summed E-state index contributed by atoms with van der Waals surface area (Å²) in [5.41, 5.74) is 0.699. The first-order valence-corrected chi connectivity index (χ1v) is 8.51. The zero-order valence-corrected chi connectivity index (χ0v) is 14.2. The molecule has 0 aliphatic carbocycles.